The minimum atomic E-state index is 0.289. The molecule has 0 radical (unpaired) electrons. The quantitative estimate of drug-likeness (QED) is 0.366. The van der Waals surface area contributed by atoms with E-state index in [1.54, 1.807) is 21.3 Å². The van der Waals surface area contributed by atoms with Gasteiger partial charge >= 0.3 is 0 Å². The van der Waals surface area contributed by atoms with Crippen molar-refractivity contribution in [3.63, 3.8) is 0 Å². The van der Waals surface area contributed by atoms with Crippen molar-refractivity contribution in [1.82, 2.24) is 0 Å². The molecule has 0 N–H and O–H groups in total. The van der Waals surface area contributed by atoms with Crippen LogP contribution in [0.5, 0.6) is 0 Å². The van der Waals surface area contributed by atoms with E-state index >= 15 is 0 Å². The molecule has 0 aliphatic heterocycles. The predicted molar refractivity (Wildman–Crippen MR) is 111 cm³/mol. The van der Waals surface area contributed by atoms with Crippen LogP contribution in [0.1, 0.15) is 51.5 Å². The van der Waals surface area contributed by atoms with Crippen molar-refractivity contribution in [2.45, 2.75) is 52.4 Å². The van der Waals surface area contributed by atoms with Gasteiger partial charge in [-0.25, -0.2) is 0 Å². The third kappa shape index (κ3) is 9.22. The molecule has 0 aromatic heterocycles. The summed E-state index contributed by atoms with van der Waals surface area (Å²) in [5.41, 5.74) is 4.34. The van der Waals surface area contributed by atoms with Crippen molar-refractivity contribution in [3.05, 3.63) is 35.9 Å². The van der Waals surface area contributed by atoms with Crippen molar-refractivity contribution in [2.75, 3.05) is 21.3 Å². The Morgan fingerprint density at radius 2 is 1.37 bits per heavy atom. The van der Waals surface area contributed by atoms with Gasteiger partial charge in [0.25, 0.3) is 0 Å². The highest BCUT2D eigenvalue weighted by Crippen LogP contribution is 2.15. The van der Waals surface area contributed by atoms with Gasteiger partial charge in [0.15, 0.2) is 0 Å². The van der Waals surface area contributed by atoms with Gasteiger partial charge in [0.2, 0.25) is 0 Å². The Kier molecular flexibility index (Phi) is 11.6. The fourth-order valence-electron chi connectivity index (χ4n) is 2.91. The predicted octanol–water partition coefficient (Wildman–Crippen LogP) is 4.84. The molecule has 0 heterocycles. The van der Waals surface area contributed by atoms with E-state index in [1.807, 2.05) is 6.07 Å². The first-order chi connectivity index (χ1) is 13.1. The van der Waals surface area contributed by atoms with Gasteiger partial charge in [-0.1, -0.05) is 59.6 Å². The van der Waals surface area contributed by atoms with E-state index in [0.717, 1.165) is 55.7 Å². The largest absolute Gasteiger partial charge is 0.399 e. The molecular weight excluding hydrogens is 342 g/mol. The standard InChI is InChI=1S/C21H33N3O3/c1-6-19(22-25-3)12-13-20(23-26-4)14-15-21(24-27-5)17(2)16-18-10-8-7-9-11-18/h7-11,17H,6,12-16H2,1-5H3/b22-19+,23-20+,24-21+. The Balaban J connectivity index is 2.67. The number of benzene rings is 1. The molecule has 0 spiro atoms. The molecule has 1 rings (SSSR count). The average Bonchev–Trinajstić information content (AvgIpc) is 2.68. The molecule has 1 atom stereocenters. The summed E-state index contributed by atoms with van der Waals surface area (Å²) in [7, 11) is 4.74. The van der Waals surface area contributed by atoms with Crippen molar-refractivity contribution >= 4 is 17.1 Å². The van der Waals surface area contributed by atoms with E-state index in [-0.39, 0.29) is 5.92 Å². The molecule has 0 saturated heterocycles. The third-order valence-electron chi connectivity index (χ3n) is 4.38. The zero-order valence-corrected chi connectivity index (χ0v) is 17.3. The Hall–Kier alpha value is -2.37. The van der Waals surface area contributed by atoms with E-state index in [9.17, 15) is 0 Å². The van der Waals surface area contributed by atoms with Gasteiger partial charge in [0.05, 0.1) is 17.1 Å². The fraction of sp³-hybridized carbons (Fsp3) is 0.571. The zero-order valence-electron chi connectivity index (χ0n) is 17.3. The first-order valence-corrected chi connectivity index (χ1v) is 9.46. The maximum Gasteiger partial charge on any atom is 0.106 e. The summed E-state index contributed by atoms with van der Waals surface area (Å²) in [5, 5.41) is 12.5. The fourth-order valence-corrected chi connectivity index (χ4v) is 2.91. The number of nitrogens with zero attached hydrogens (tertiary/aromatic N) is 3. The maximum absolute atomic E-state index is 5.08. The molecule has 0 amide bonds. The van der Waals surface area contributed by atoms with Gasteiger partial charge in [-0.15, -0.1) is 0 Å². The lowest BCUT2D eigenvalue weighted by Crippen LogP contribution is -2.16. The van der Waals surface area contributed by atoms with Crippen LogP contribution >= 0.6 is 0 Å². The van der Waals surface area contributed by atoms with E-state index in [4.69, 9.17) is 14.5 Å². The van der Waals surface area contributed by atoms with Crippen LogP contribution in [0.25, 0.3) is 0 Å². The van der Waals surface area contributed by atoms with Crippen LogP contribution in [0.3, 0.4) is 0 Å². The van der Waals surface area contributed by atoms with Gasteiger partial charge < -0.3 is 14.5 Å². The number of oxime groups is 3. The van der Waals surface area contributed by atoms with Gasteiger partial charge in [-0.2, -0.15) is 0 Å². The molecule has 6 heteroatoms. The number of hydrogen-bond donors (Lipinski definition) is 0. The zero-order chi connectivity index (χ0) is 19.9. The maximum atomic E-state index is 5.08. The summed E-state index contributed by atoms with van der Waals surface area (Å²) < 4.78 is 0. The smallest absolute Gasteiger partial charge is 0.106 e. The van der Waals surface area contributed by atoms with Gasteiger partial charge in [0, 0.05) is 5.92 Å². The van der Waals surface area contributed by atoms with Gasteiger partial charge in [0.1, 0.15) is 21.3 Å². The molecule has 0 saturated carbocycles. The lowest BCUT2D eigenvalue weighted by atomic mass is 9.92. The molecule has 1 aromatic carbocycles. The molecule has 1 unspecified atom stereocenters. The van der Waals surface area contributed by atoms with Crippen molar-refractivity contribution < 1.29 is 14.5 Å². The topological polar surface area (TPSA) is 64.8 Å². The Morgan fingerprint density at radius 1 is 0.815 bits per heavy atom. The first-order valence-electron chi connectivity index (χ1n) is 9.46. The molecule has 150 valence electrons. The first kappa shape index (κ1) is 22.7. The highest BCUT2D eigenvalue weighted by Gasteiger charge is 2.15. The summed E-state index contributed by atoms with van der Waals surface area (Å²) in [6, 6.07) is 10.4. The van der Waals surface area contributed by atoms with E-state index < -0.39 is 0 Å². The Labute approximate surface area is 163 Å². The van der Waals surface area contributed by atoms with Crippen molar-refractivity contribution in [3.8, 4) is 0 Å². The van der Waals surface area contributed by atoms with Crippen molar-refractivity contribution in [2.24, 2.45) is 21.4 Å². The Bertz CT molecular complexity index is 612. The van der Waals surface area contributed by atoms with Crippen LogP contribution < -0.4 is 0 Å². The van der Waals surface area contributed by atoms with Crippen LogP contribution in [-0.2, 0) is 20.9 Å². The highest BCUT2D eigenvalue weighted by atomic mass is 16.6. The second kappa shape index (κ2) is 13.8. The third-order valence-corrected chi connectivity index (χ3v) is 4.38. The summed E-state index contributed by atoms with van der Waals surface area (Å²) >= 11 is 0. The van der Waals surface area contributed by atoms with Crippen LogP contribution in [0, 0.1) is 5.92 Å². The minimum absolute atomic E-state index is 0.289. The summed E-state index contributed by atoms with van der Waals surface area (Å²) in [5.74, 6) is 0.289. The molecule has 0 aliphatic carbocycles. The summed E-state index contributed by atoms with van der Waals surface area (Å²) in [4.78, 5) is 15.0. The molecule has 1 aromatic rings. The molecule has 27 heavy (non-hydrogen) atoms. The highest BCUT2D eigenvalue weighted by molar-refractivity contribution is 5.94. The average molecular weight is 376 g/mol. The molecule has 0 bridgehead atoms. The monoisotopic (exact) mass is 375 g/mol. The van der Waals surface area contributed by atoms with Crippen LogP contribution in [0.15, 0.2) is 45.8 Å². The number of hydrogen-bond acceptors (Lipinski definition) is 6. The lowest BCUT2D eigenvalue weighted by molar-refractivity contribution is 0.209. The second-order valence-electron chi connectivity index (χ2n) is 6.39. The van der Waals surface area contributed by atoms with Crippen molar-refractivity contribution in [1.29, 1.82) is 0 Å². The molecule has 0 aliphatic rings. The molecular formula is C21H33N3O3. The van der Waals surface area contributed by atoms with Crippen LogP contribution in [-0.4, -0.2) is 38.5 Å². The summed E-state index contributed by atoms with van der Waals surface area (Å²) in [6.45, 7) is 4.25. The van der Waals surface area contributed by atoms with E-state index in [1.165, 1.54) is 5.56 Å². The van der Waals surface area contributed by atoms with Crippen LogP contribution in [0.4, 0.5) is 0 Å². The lowest BCUT2D eigenvalue weighted by Gasteiger charge is -2.15. The number of rotatable bonds is 13. The molecule has 0 fully saturated rings. The van der Waals surface area contributed by atoms with Gasteiger partial charge in [-0.05, 0) is 44.1 Å². The molecule has 6 nitrogen and oxygen atoms in total. The van der Waals surface area contributed by atoms with Gasteiger partial charge in [-0.3, -0.25) is 0 Å². The summed E-state index contributed by atoms with van der Waals surface area (Å²) in [6.07, 6.45) is 4.95. The normalized spacial score (nSPS) is 14.0. The Morgan fingerprint density at radius 3 is 1.96 bits per heavy atom. The van der Waals surface area contributed by atoms with E-state index in [0.29, 0.717) is 0 Å². The van der Waals surface area contributed by atoms with Crippen LogP contribution in [0.2, 0.25) is 0 Å². The SMILES string of the molecule is CC/C(CC/C(CC/C(=N\OC)C(C)Cc1ccccc1)=N\OC)=N\OC. The minimum Gasteiger partial charge on any atom is -0.399 e. The van der Waals surface area contributed by atoms with E-state index in [2.05, 4.69) is 53.6 Å². The second-order valence-corrected chi connectivity index (χ2v) is 6.39.